The topological polar surface area (TPSA) is 98.5 Å². The Kier molecular flexibility index (Phi) is 4.03. The van der Waals surface area contributed by atoms with Gasteiger partial charge in [0.2, 0.25) is 10.0 Å². The van der Waals surface area contributed by atoms with Crippen LogP contribution in [0.3, 0.4) is 0 Å². The molecule has 3 N–H and O–H groups in total. The third kappa shape index (κ3) is 5.36. The third-order valence-corrected chi connectivity index (χ3v) is 3.46. The summed E-state index contributed by atoms with van der Waals surface area (Å²) in [5, 5.41) is 7.63. The molecule has 0 radical (unpaired) electrons. The van der Waals surface area contributed by atoms with Crippen molar-refractivity contribution in [3.05, 3.63) is 0 Å². The van der Waals surface area contributed by atoms with E-state index >= 15 is 0 Å². The SMILES string of the molecule is CC(C)(C)OC(=O)N[C@@H]1CC[C@@H]1CS(N)(=O)=O. The Morgan fingerprint density at radius 3 is 2.35 bits per heavy atom. The van der Waals surface area contributed by atoms with Crippen LogP contribution in [0.1, 0.15) is 33.6 Å². The second-order valence-electron chi connectivity index (χ2n) is 5.42. The van der Waals surface area contributed by atoms with E-state index in [-0.39, 0.29) is 17.7 Å². The number of sulfonamides is 1. The van der Waals surface area contributed by atoms with Crippen molar-refractivity contribution in [2.75, 3.05) is 5.75 Å². The molecule has 1 amide bonds. The molecule has 1 fully saturated rings. The first kappa shape index (κ1) is 14.2. The van der Waals surface area contributed by atoms with Gasteiger partial charge in [0.15, 0.2) is 0 Å². The first-order valence-corrected chi connectivity index (χ1v) is 7.28. The van der Waals surface area contributed by atoms with E-state index in [0.29, 0.717) is 0 Å². The summed E-state index contributed by atoms with van der Waals surface area (Å²) >= 11 is 0. The number of amides is 1. The standard InChI is InChI=1S/C10H20N2O4S/c1-10(2,3)16-9(13)12-8-5-4-7(8)6-17(11,14)15/h7-8H,4-6H2,1-3H3,(H,12,13)(H2,11,14,15)/t7-,8-/m1/s1. The molecule has 1 aliphatic carbocycles. The molecule has 7 heteroatoms. The van der Waals surface area contributed by atoms with Crippen LogP contribution < -0.4 is 10.5 Å². The fourth-order valence-corrected chi connectivity index (χ4v) is 2.71. The lowest BCUT2D eigenvalue weighted by Crippen LogP contribution is -2.51. The summed E-state index contributed by atoms with van der Waals surface area (Å²) < 4.78 is 26.9. The summed E-state index contributed by atoms with van der Waals surface area (Å²) in [6, 6.07) is -0.150. The van der Waals surface area contributed by atoms with Gasteiger partial charge in [0, 0.05) is 6.04 Å². The molecule has 1 aliphatic rings. The lowest BCUT2D eigenvalue weighted by Gasteiger charge is -2.36. The first-order chi connectivity index (χ1) is 7.57. The Morgan fingerprint density at radius 1 is 1.41 bits per heavy atom. The number of alkyl carbamates (subject to hydrolysis) is 1. The number of nitrogens with one attached hydrogen (secondary N) is 1. The highest BCUT2D eigenvalue weighted by atomic mass is 32.2. The van der Waals surface area contributed by atoms with Gasteiger partial charge in [-0.2, -0.15) is 0 Å². The van der Waals surface area contributed by atoms with Crippen LogP contribution in [0.15, 0.2) is 0 Å². The van der Waals surface area contributed by atoms with Crippen LogP contribution in [0.4, 0.5) is 4.79 Å². The van der Waals surface area contributed by atoms with Gasteiger partial charge in [0.25, 0.3) is 0 Å². The molecule has 0 unspecified atom stereocenters. The smallest absolute Gasteiger partial charge is 0.407 e. The van der Waals surface area contributed by atoms with Crippen LogP contribution in [-0.2, 0) is 14.8 Å². The summed E-state index contributed by atoms with van der Waals surface area (Å²) in [6.07, 6.45) is 1.01. The van der Waals surface area contributed by atoms with Crippen LogP contribution in [0.5, 0.6) is 0 Å². The number of ether oxygens (including phenoxy) is 1. The fraction of sp³-hybridized carbons (Fsp3) is 0.900. The molecule has 17 heavy (non-hydrogen) atoms. The highest BCUT2D eigenvalue weighted by molar-refractivity contribution is 7.89. The maximum Gasteiger partial charge on any atom is 0.407 e. The average Bonchev–Trinajstić information content (AvgIpc) is 2.05. The quantitative estimate of drug-likeness (QED) is 0.778. The van der Waals surface area contributed by atoms with Crippen molar-refractivity contribution >= 4 is 16.1 Å². The van der Waals surface area contributed by atoms with Crippen molar-refractivity contribution in [2.45, 2.75) is 45.3 Å². The van der Waals surface area contributed by atoms with Gasteiger partial charge in [-0.3, -0.25) is 0 Å². The Balaban J connectivity index is 2.41. The second kappa shape index (κ2) is 4.81. The molecule has 0 saturated heterocycles. The zero-order valence-corrected chi connectivity index (χ0v) is 11.2. The van der Waals surface area contributed by atoms with Crippen LogP contribution in [0.25, 0.3) is 0 Å². The molecule has 0 aromatic rings. The minimum atomic E-state index is -3.48. The number of rotatable bonds is 3. The third-order valence-electron chi connectivity index (χ3n) is 2.57. The van der Waals surface area contributed by atoms with Crippen molar-refractivity contribution in [3.63, 3.8) is 0 Å². The van der Waals surface area contributed by atoms with Crippen LogP contribution >= 0.6 is 0 Å². The maximum atomic E-state index is 11.5. The van der Waals surface area contributed by atoms with E-state index in [2.05, 4.69) is 5.32 Å². The molecule has 0 aliphatic heterocycles. The van der Waals surface area contributed by atoms with Crippen molar-refractivity contribution in [3.8, 4) is 0 Å². The molecule has 0 aromatic heterocycles. The van der Waals surface area contributed by atoms with Gasteiger partial charge >= 0.3 is 6.09 Å². The predicted octanol–water partition coefficient (Wildman–Crippen LogP) is 0.578. The molecule has 0 spiro atoms. The Labute approximate surface area is 102 Å². The molecule has 0 aromatic carbocycles. The number of carbonyl (C=O) groups is 1. The van der Waals surface area contributed by atoms with Crippen molar-refractivity contribution in [1.82, 2.24) is 5.32 Å². The van der Waals surface area contributed by atoms with Gasteiger partial charge in [-0.15, -0.1) is 0 Å². The zero-order valence-electron chi connectivity index (χ0n) is 10.4. The normalized spacial score (nSPS) is 24.9. The number of hydrogen-bond donors (Lipinski definition) is 2. The van der Waals surface area contributed by atoms with E-state index in [1.165, 1.54) is 0 Å². The van der Waals surface area contributed by atoms with E-state index in [9.17, 15) is 13.2 Å². The summed E-state index contributed by atoms with van der Waals surface area (Å²) in [5.41, 5.74) is -0.552. The summed E-state index contributed by atoms with van der Waals surface area (Å²) in [5.74, 6) is -0.189. The van der Waals surface area contributed by atoms with Crippen molar-refractivity contribution in [2.24, 2.45) is 11.1 Å². The van der Waals surface area contributed by atoms with Gasteiger partial charge in [-0.25, -0.2) is 18.4 Å². The van der Waals surface area contributed by atoms with Gasteiger partial charge in [-0.1, -0.05) is 0 Å². The molecule has 6 nitrogen and oxygen atoms in total. The highest BCUT2D eigenvalue weighted by Crippen LogP contribution is 2.28. The highest BCUT2D eigenvalue weighted by Gasteiger charge is 2.35. The minimum absolute atomic E-state index is 0.0898. The molecule has 1 rings (SSSR count). The lowest BCUT2D eigenvalue weighted by atomic mass is 9.81. The van der Waals surface area contributed by atoms with E-state index in [1.54, 1.807) is 20.8 Å². The molecule has 1 saturated carbocycles. The number of primary sulfonamides is 1. The lowest BCUT2D eigenvalue weighted by molar-refractivity contribution is 0.0446. The zero-order chi connectivity index (χ0) is 13.3. The molecular formula is C10H20N2O4S. The molecular weight excluding hydrogens is 244 g/mol. The predicted molar refractivity (Wildman–Crippen MR) is 63.9 cm³/mol. The molecule has 0 bridgehead atoms. The summed E-state index contributed by atoms with van der Waals surface area (Å²) in [4.78, 5) is 11.5. The van der Waals surface area contributed by atoms with Gasteiger partial charge < -0.3 is 10.1 Å². The average molecular weight is 264 g/mol. The monoisotopic (exact) mass is 264 g/mol. The second-order valence-corrected chi connectivity index (χ2v) is 7.08. The largest absolute Gasteiger partial charge is 0.444 e. The minimum Gasteiger partial charge on any atom is -0.444 e. The number of nitrogens with two attached hydrogens (primary N) is 1. The van der Waals surface area contributed by atoms with E-state index < -0.39 is 21.7 Å². The Bertz CT molecular complexity index is 386. The van der Waals surface area contributed by atoms with Crippen molar-refractivity contribution < 1.29 is 17.9 Å². The first-order valence-electron chi connectivity index (χ1n) is 5.57. The number of carbonyl (C=O) groups excluding carboxylic acids is 1. The Hall–Kier alpha value is -0.820. The van der Waals surface area contributed by atoms with Crippen molar-refractivity contribution in [1.29, 1.82) is 0 Å². The fourth-order valence-electron chi connectivity index (χ4n) is 1.72. The van der Waals surface area contributed by atoms with Gasteiger partial charge in [0.1, 0.15) is 5.60 Å². The van der Waals surface area contributed by atoms with Crippen LogP contribution in [0.2, 0.25) is 0 Å². The van der Waals surface area contributed by atoms with E-state index in [0.717, 1.165) is 12.8 Å². The molecule has 2 atom stereocenters. The molecule has 100 valence electrons. The summed E-state index contributed by atoms with van der Waals surface area (Å²) in [7, 11) is -3.48. The maximum absolute atomic E-state index is 11.5. The van der Waals surface area contributed by atoms with Crippen LogP contribution in [0, 0.1) is 5.92 Å². The number of hydrogen-bond acceptors (Lipinski definition) is 4. The van der Waals surface area contributed by atoms with Gasteiger partial charge in [0.05, 0.1) is 5.75 Å². The van der Waals surface area contributed by atoms with E-state index in [4.69, 9.17) is 9.88 Å². The molecule has 0 heterocycles. The summed E-state index contributed by atoms with van der Waals surface area (Å²) in [6.45, 7) is 5.32. The van der Waals surface area contributed by atoms with E-state index in [1.807, 2.05) is 0 Å². The Morgan fingerprint density at radius 2 is 2.00 bits per heavy atom. The van der Waals surface area contributed by atoms with Crippen LogP contribution in [-0.4, -0.2) is 31.9 Å². The van der Waals surface area contributed by atoms with Gasteiger partial charge in [-0.05, 0) is 39.5 Å².